The van der Waals surface area contributed by atoms with Gasteiger partial charge in [-0.2, -0.15) is 0 Å². The van der Waals surface area contributed by atoms with E-state index in [0.29, 0.717) is 6.54 Å². The number of aromatic nitrogens is 1. The Hall–Kier alpha value is -2.82. The molecule has 0 bridgehead atoms. The zero-order valence-electron chi connectivity index (χ0n) is 11.7. The number of ether oxygens (including phenoxy) is 1. The molecule has 0 atom stereocenters. The number of nitrogens with zero attached hydrogens (tertiary/aromatic N) is 1. The third kappa shape index (κ3) is 4.07. The molecule has 0 aliphatic rings. The Kier molecular flexibility index (Phi) is 4.93. The molecule has 0 radical (unpaired) electrons. The number of rotatable bonds is 5. The first kappa shape index (κ1) is 14.6. The molecule has 0 saturated carbocycles. The monoisotopic (exact) mass is 283 g/mol. The number of aromatic amines is 1. The molecule has 0 unspecified atom stereocenters. The van der Waals surface area contributed by atoms with E-state index in [1.807, 2.05) is 24.3 Å². The van der Waals surface area contributed by atoms with Crippen molar-refractivity contribution < 1.29 is 4.74 Å². The maximum atomic E-state index is 11.0. The summed E-state index contributed by atoms with van der Waals surface area (Å²) in [4.78, 5) is 18.0. The number of nitrogens with one attached hydrogen (secondary N) is 1. The lowest BCUT2D eigenvalue weighted by atomic mass is 10.1. The van der Waals surface area contributed by atoms with Gasteiger partial charge in [-0.15, -0.1) is 0 Å². The van der Waals surface area contributed by atoms with Crippen molar-refractivity contribution in [3.8, 4) is 5.75 Å². The Morgan fingerprint density at radius 3 is 2.62 bits per heavy atom. The molecule has 5 nitrogen and oxygen atoms in total. The smallest absolute Gasteiger partial charge is 0.247 e. The fourth-order valence-electron chi connectivity index (χ4n) is 1.78. The summed E-state index contributed by atoms with van der Waals surface area (Å²) >= 11 is 0. The SMILES string of the molecule is COc1ccc(CN=C/C(=C\N)c2ccc(=O)[nH]c2)cc1. The first-order valence-corrected chi connectivity index (χ1v) is 6.46. The lowest BCUT2D eigenvalue weighted by Crippen LogP contribution is -2.03. The average molecular weight is 283 g/mol. The Bertz CT molecular complexity index is 680. The van der Waals surface area contributed by atoms with Crippen LogP contribution in [-0.4, -0.2) is 18.3 Å². The highest BCUT2D eigenvalue weighted by molar-refractivity contribution is 6.09. The second-order valence-corrected chi connectivity index (χ2v) is 4.38. The zero-order valence-corrected chi connectivity index (χ0v) is 11.7. The first-order valence-electron chi connectivity index (χ1n) is 6.46. The molecule has 0 amide bonds. The summed E-state index contributed by atoms with van der Waals surface area (Å²) < 4.78 is 5.10. The fraction of sp³-hybridized carbons (Fsp3) is 0.125. The molecule has 1 aromatic carbocycles. The van der Waals surface area contributed by atoms with Crippen molar-refractivity contribution in [1.29, 1.82) is 0 Å². The van der Waals surface area contributed by atoms with E-state index < -0.39 is 0 Å². The van der Waals surface area contributed by atoms with Crippen molar-refractivity contribution in [2.75, 3.05) is 7.11 Å². The van der Waals surface area contributed by atoms with Crippen molar-refractivity contribution in [3.63, 3.8) is 0 Å². The lowest BCUT2D eigenvalue weighted by Gasteiger charge is -2.02. The van der Waals surface area contributed by atoms with E-state index in [-0.39, 0.29) is 5.56 Å². The molecule has 3 N–H and O–H groups in total. The van der Waals surface area contributed by atoms with Crippen molar-refractivity contribution in [3.05, 3.63) is 70.3 Å². The predicted octanol–water partition coefficient (Wildman–Crippen LogP) is 1.95. The van der Waals surface area contributed by atoms with Gasteiger partial charge >= 0.3 is 0 Å². The molecule has 0 spiro atoms. The minimum atomic E-state index is -0.148. The summed E-state index contributed by atoms with van der Waals surface area (Å²) in [7, 11) is 1.63. The summed E-state index contributed by atoms with van der Waals surface area (Å²) in [6.07, 6.45) is 4.77. The van der Waals surface area contributed by atoms with Crippen LogP contribution in [0.15, 0.2) is 58.6 Å². The highest BCUT2D eigenvalue weighted by atomic mass is 16.5. The van der Waals surface area contributed by atoms with E-state index in [1.165, 1.54) is 12.3 Å². The number of aliphatic imine (C=N–C) groups is 1. The van der Waals surface area contributed by atoms with E-state index in [2.05, 4.69) is 9.98 Å². The molecular formula is C16H17N3O2. The molecule has 2 rings (SSSR count). The van der Waals surface area contributed by atoms with Gasteiger partial charge in [-0.3, -0.25) is 9.79 Å². The van der Waals surface area contributed by atoms with Crippen molar-refractivity contribution in [2.24, 2.45) is 10.7 Å². The van der Waals surface area contributed by atoms with Crippen LogP contribution in [0.5, 0.6) is 5.75 Å². The summed E-state index contributed by atoms with van der Waals surface area (Å²) in [6.45, 7) is 0.546. The van der Waals surface area contributed by atoms with E-state index >= 15 is 0 Å². The maximum Gasteiger partial charge on any atom is 0.247 e. The van der Waals surface area contributed by atoms with E-state index in [0.717, 1.165) is 22.4 Å². The minimum absolute atomic E-state index is 0.148. The van der Waals surface area contributed by atoms with Crippen molar-refractivity contribution in [1.82, 2.24) is 4.98 Å². The second kappa shape index (κ2) is 7.09. The van der Waals surface area contributed by atoms with Gasteiger partial charge in [0.2, 0.25) is 5.56 Å². The molecule has 0 saturated heterocycles. The molecule has 21 heavy (non-hydrogen) atoms. The number of methoxy groups -OCH3 is 1. The van der Waals surface area contributed by atoms with E-state index in [4.69, 9.17) is 10.5 Å². The Labute approximate surface area is 122 Å². The predicted molar refractivity (Wildman–Crippen MR) is 84.4 cm³/mol. The van der Waals surface area contributed by atoms with Gasteiger partial charge in [0.05, 0.1) is 13.7 Å². The lowest BCUT2D eigenvalue weighted by molar-refractivity contribution is 0.414. The van der Waals surface area contributed by atoms with Crippen LogP contribution >= 0.6 is 0 Å². The van der Waals surface area contributed by atoms with Crippen LogP contribution in [0.1, 0.15) is 11.1 Å². The fourth-order valence-corrected chi connectivity index (χ4v) is 1.78. The van der Waals surface area contributed by atoms with Gasteiger partial charge in [-0.05, 0) is 23.8 Å². The molecule has 0 aliphatic heterocycles. The summed E-state index contributed by atoms with van der Waals surface area (Å²) in [5.41, 5.74) is 8.09. The maximum absolute atomic E-state index is 11.0. The van der Waals surface area contributed by atoms with Gasteiger partial charge in [0.1, 0.15) is 5.75 Å². The highest BCUT2D eigenvalue weighted by Gasteiger charge is 1.98. The van der Waals surface area contributed by atoms with Crippen molar-refractivity contribution >= 4 is 11.8 Å². The van der Waals surface area contributed by atoms with E-state index in [1.54, 1.807) is 25.6 Å². The molecule has 1 aromatic heterocycles. The average Bonchev–Trinajstić information content (AvgIpc) is 2.53. The summed E-state index contributed by atoms with van der Waals surface area (Å²) in [5.74, 6) is 0.818. The van der Waals surface area contributed by atoms with Gasteiger partial charge in [-0.1, -0.05) is 12.1 Å². The van der Waals surface area contributed by atoms with Crippen LogP contribution in [0.25, 0.3) is 5.57 Å². The standard InChI is InChI=1S/C16H17N3O2/c1-21-15-5-2-12(3-6-15)9-18-10-14(8-17)13-4-7-16(20)19-11-13/h2-8,10-11H,9,17H2,1H3,(H,19,20)/b14-8+,18-10?. The number of benzene rings is 1. The third-order valence-electron chi connectivity index (χ3n) is 2.96. The second-order valence-electron chi connectivity index (χ2n) is 4.38. The number of allylic oxidation sites excluding steroid dienone is 1. The van der Waals surface area contributed by atoms with Crippen molar-refractivity contribution in [2.45, 2.75) is 6.54 Å². The Morgan fingerprint density at radius 2 is 2.05 bits per heavy atom. The summed E-state index contributed by atoms with van der Waals surface area (Å²) in [6, 6.07) is 10.9. The van der Waals surface area contributed by atoms with Crippen LogP contribution in [0.2, 0.25) is 0 Å². The van der Waals surface area contributed by atoms with Crippen LogP contribution in [0.3, 0.4) is 0 Å². The quantitative estimate of drug-likeness (QED) is 0.823. The minimum Gasteiger partial charge on any atom is -0.497 e. The third-order valence-corrected chi connectivity index (χ3v) is 2.96. The van der Waals surface area contributed by atoms with Crippen LogP contribution in [0.4, 0.5) is 0 Å². The number of pyridine rings is 1. The van der Waals surface area contributed by atoms with Crippen LogP contribution < -0.4 is 16.0 Å². The molecule has 0 aliphatic carbocycles. The number of hydrogen-bond acceptors (Lipinski definition) is 4. The topological polar surface area (TPSA) is 80.5 Å². The molecule has 2 aromatic rings. The molecule has 1 heterocycles. The zero-order chi connectivity index (χ0) is 15.1. The number of H-pyrrole nitrogens is 1. The van der Waals surface area contributed by atoms with Gasteiger partial charge in [0, 0.05) is 35.8 Å². The van der Waals surface area contributed by atoms with Gasteiger partial charge in [0.25, 0.3) is 0 Å². The first-order chi connectivity index (χ1) is 10.2. The number of nitrogens with two attached hydrogens (primary N) is 1. The van der Waals surface area contributed by atoms with Crippen LogP contribution in [0, 0.1) is 0 Å². The summed E-state index contributed by atoms with van der Waals surface area (Å²) in [5, 5.41) is 0. The largest absolute Gasteiger partial charge is 0.497 e. The number of hydrogen-bond donors (Lipinski definition) is 2. The molecule has 5 heteroatoms. The van der Waals surface area contributed by atoms with Crippen LogP contribution in [-0.2, 0) is 6.54 Å². The van der Waals surface area contributed by atoms with Gasteiger partial charge in [0.15, 0.2) is 0 Å². The van der Waals surface area contributed by atoms with E-state index in [9.17, 15) is 4.79 Å². The highest BCUT2D eigenvalue weighted by Crippen LogP contribution is 2.12. The normalized spacial score (nSPS) is 11.8. The molecule has 0 fully saturated rings. The Balaban J connectivity index is 2.04. The molecular weight excluding hydrogens is 266 g/mol. The Morgan fingerprint density at radius 1 is 1.29 bits per heavy atom. The molecule has 108 valence electrons. The van der Waals surface area contributed by atoms with Gasteiger partial charge < -0.3 is 15.5 Å². The van der Waals surface area contributed by atoms with Gasteiger partial charge in [-0.25, -0.2) is 0 Å².